The highest BCUT2D eigenvalue weighted by molar-refractivity contribution is 14.1. The van der Waals surface area contributed by atoms with Crippen molar-refractivity contribution in [2.75, 3.05) is 7.11 Å². The Bertz CT molecular complexity index is 484. The number of rotatable bonds is 6. The number of alkyl halides is 12. The molecule has 14 heteroatoms. The molecule has 0 radical (unpaired) electrons. The first kappa shape index (κ1) is 23.4. The topological polar surface area (TPSA) is 26.3 Å². The Kier molecular flexibility index (Phi) is 6.15. The highest BCUT2D eigenvalue weighted by Gasteiger charge is 2.87. The van der Waals surface area contributed by atoms with Crippen molar-refractivity contribution < 1.29 is 57.8 Å². The van der Waals surface area contributed by atoms with Crippen molar-refractivity contribution >= 4 is 28.6 Å². The van der Waals surface area contributed by atoms with Gasteiger partial charge in [0.2, 0.25) is 0 Å². The third kappa shape index (κ3) is 3.66. The van der Waals surface area contributed by atoms with Crippen LogP contribution < -0.4 is 0 Å². The van der Waals surface area contributed by atoms with Gasteiger partial charge in [-0.2, -0.15) is 48.3 Å². The summed E-state index contributed by atoms with van der Waals surface area (Å²) in [6.45, 7) is 0.517. The lowest BCUT2D eigenvalue weighted by atomic mass is 9.91. The van der Waals surface area contributed by atoms with Crippen molar-refractivity contribution in [3.63, 3.8) is 0 Å². The van der Waals surface area contributed by atoms with Crippen LogP contribution in [0, 0.1) is 0 Å². The SMILES string of the molecule is COC(=O)C(C)(I)CC(F)(F)C(F)(F)C(F)(F)C(F)(F)C(F)(F)F. The van der Waals surface area contributed by atoms with E-state index in [1.54, 1.807) is 0 Å². The summed E-state index contributed by atoms with van der Waals surface area (Å²) < 4.78 is 142. The fraction of sp³-hybridized carbons (Fsp3) is 0.900. The van der Waals surface area contributed by atoms with Crippen molar-refractivity contribution in [1.82, 2.24) is 0 Å². The zero-order valence-corrected chi connectivity index (χ0v) is 13.7. The number of halogens is 12. The van der Waals surface area contributed by atoms with Gasteiger partial charge in [-0.25, -0.2) is 0 Å². The second kappa shape index (κ2) is 6.30. The average molecular weight is 496 g/mol. The van der Waals surface area contributed by atoms with Gasteiger partial charge in [0.15, 0.2) is 0 Å². The van der Waals surface area contributed by atoms with Gasteiger partial charge in [0.05, 0.1) is 7.11 Å². The number of methoxy groups -OCH3 is 1. The molecule has 0 aromatic heterocycles. The van der Waals surface area contributed by atoms with Crippen molar-refractivity contribution in [3.05, 3.63) is 0 Å². The highest BCUT2D eigenvalue weighted by Crippen LogP contribution is 2.58. The fourth-order valence-corrected chi connectivity index (χ4v) is 2.12. The maximum absolute atomic E-state index is 13.5. The summed E-state index contributed by atoms with van der Waals surface area (Å²) in [6.07, 6.45) is -9.70. The summed E-state index contributed by atoms with van der Waals surface area (Å²) in [5.74, 6) is -29.8. The number of ether oxygens (including phenoxy) is 1. The number of hydrogen-bond acceptors (Lipinski definition) is 2. The Labute approximate surface area is 140 Å². The molecular weight excluding hydrogens is 488 g/mol. The highest BCUT2D eigenvalue weighted by atomic mass is 127. The van der Waals surface area contributed by atoms with Crippen molar-refractivity contribution in [3.8, 4) is 0 Å². The molecular formula is C10H8F11IO2. The molecule has 0 rings (SSSR count). The smallest absolute Gasteiger partial charge is 0.460 e. The molecule has 0 amide bonds. The predicted molar refractivity (Wildman–Crippen MR) is 64.9 cm³/mol. The molecule has 0 aromatic rings. The van der Waals surface area contributed by atoms with Gasteiger partial charge in [-0.15, -0.1) is 0 Å². The van der Waals surface area contributed by atoms with E-state index in [-0.39, 0.29) is 0 Å². The molecule has 0 saturated heterocycles. The first-order valence-corrected chi connectivity index (χ1v) is 6.62. The van der Waals surface area contributed by atoms with E-state index in [1.165, 1.54) is 0 Å². The number of carbonyl (C=O) groups excluding carboxylic acids is 1. The summed E-state index contributed by atoms with van der Waals surface area (Å²) >= 11 is 0.790. The molecule has 0 aliphatic carbocycles. The number of carbonyl (C=O) groups is 1. The van der Waals surface area contributed by atoms with E-state index in [2.05, 4.69) is 4.74 Å². The summed E-state index contributed by atoms with van der Waals surface area (Å²) in [6, 6.07) is 0. The van der Waals surface area contributed by atoms with E-state index in [0.717, 1.165) is 22.6 Å². The molecule has 1 atom stereocenters. The van der Waals surface area contributed by atoms with Crippen LogP contribution in [0.3, 0.4) is 0 Å². The predicted octanol–water partition coefficient (Wildman–Crippen LogP) is 4.85. The summed E-state index contributed by atoms with van der Waals surface area (Å²) in [4.78, 5) is 11.1. The number of esters is 1. The Hall–Kier alpha value is -0.570. The summed E-state index contributed by atoms with van der Waals surface area (Å²) in [7, 11) is 0.627. The van der Waals surface area contributed by atoms with E-state index < -0.39 is 45.7 Å². The largest absolute Gasteiger partial charge is 0.468 e. The van der Waals surface area contributed by atoms with Gasteiger partial charge in [0.25, 0.3) is 0 Å². The van der Waals surface area contributed by atoms with E-state index in [9.17, 15) is 53.1 Å². The molecule has 1 unspecified atom stereocenters. The molecule has 0 N–H and O–H groups in total. The molecule has 0 fully saturated rings. The summed E-state index contributed by atoms with van der Waals surface area (Å²) in [5, 5.41) is 0. The second-order valence-corrected chi connectivity index (χ2v) is 7.17. The van der Waals surface area contributed by atoms with Gasteiger partial charge in [0.1, 0.15) is 3.42 Å². The van der Waals surface area contributed by atoms with Crippen molar-refractivity contribution in [2.24, 2.45) is 0 Å². The minimum Gasteiger partial charge on any atom is -0.468 e. The lowest BCUT2D eigenvalue weighted by molar-refractivity contribution is -0.422. The van der Waals surface area contributed by atoms with Crippen LogP contribution in [0.5, 0.6) is 0 Å². The van der Waals surface area contributed by atoms with E-state index in [4.69, 9.17) is 0 Å². The van der Waals surface area contributed by atoms with Gasteiger partial charge in [-0.05, 0) is 6.92 Å². The minimum absolute atomic E-state index is 0.517. The molecule has 24 heavy (non-hydrogen) atoms. The van der Waals surface area contributed by atoms with Gasteiger partial charge < -0.3 is 4.74 Å². The second-order valence-electron chi connectivity index (χ2n) is 4.79. The lowest BCUT2D eigenvalue weighted by Crippen LogP contribution is -2.67. The molecule has 144 valence electrons. The maximum Gasteiger partial charge on any atom is 0.460 e. The van der Waals surface area contributed by atoms with Crippen LogP contribution in [-0.2, 0) is 9.53 Å². The van der Waals surface area contributed by atoms with E-state index in [1.807, 2.05) is 0 Å². The van der Waals surface area contributed by atoms with Crippen LogP contribution in [0.2, 0.25) is 0 Å². The fourth-order valence-electron chi connectivity index (χ4n) is 1.42. The molecule has 0 aliphatic heterocycles. The van der Waals surface area contributed by atoms with Gasteiger partial charge in [-0.1, -0.05) is 22.6 Å². The third-order valence-electron chi connectivity index (χ3n) is 2.77. The Balaban J connectivity index is 5.99. The lowest BCUT2D eigenvalue weighted by Gasteiger charge is -2.38. The molecule has 0 aliphatic rings. The molecule has 0 heterocycles. The molecule has 0 aromatic carbocycles. The molecule has 0 saturated carbocycles. The normalized spacial score (nSPS) is 17.4. The first-order chi connectivity index (χ1) is 10.2. The van der Waals surface area contributed by atoms with Gasteiger partial charge >= 0.3 is 35.8 Å². The molecule has 2 nitrogen and oxygen atoms in total. The van der Waals surface area contributed by atoms with Crippen LogP contribution in [0.4, 0.5) is 48.3 Å². The van der Waals surface area contributed by atoms with Crippen molar-refractivity contribution in [1.29, 1.82) is 0 Å². The van der Waals surface area contributed by atoms with E-state index in [0.29, 0.717) is 14.0 Å². The third-order valence-corrected chi connectivity index (χ3v) is 3.59. The zero-order chi connectivity index (χ0) is 20.0. The average Bonchev–Trinajstić information content (AvgIpc) is 2.34. The minimum atomic E-state index is -7.48. The van der Waals surface area contributed by atoms with Crippen molar-refractivity contribution in [2.45, 2.75) is 46.6 Å². The monoisotopic (exact) mass is 496 g/mol. The number of hydrogen-bond donors (Lipinski definition) is 0. The Morgan fingerprint density at radius 1 is 0.833 bits per heavy atom. The van der Waals surface area contributed by atoms with Crippen LogP contribution >= 0.6 is 22.6 Å². The quantitative estimate of drug-likeness (QED) is 0.228. The van der Waals surface area contributed by atoms with E-state index >= 15 is 0 Å². The standard InChI is InChI=1S/C10H8F11IO2/c1-5(22,4(23)24-2)3-6(11,12)7(13,14)8(15,16)9(17,18)10(19,20)21/h3H2,1-2H3. The molecule has 0 bridgehead atoms. The van der Waals surface area contributed by atoms with Crippen LogP contribution in [0.25, 0.3) is 0 Å². The zero-order valence-electron chi connectivity index (χ0n) is 11.6. The molecule has 0 spiro atoms. The van der Waals surface area contributed by atoms with Gasteiger partial charge in [0, 0.05) is 6.42 Å². The van der Waals surface area contributed by atoms with Crippen LogP contribution in [0.15, 0.2) is 0 Å². The van der Waals surface area contributed by atoms with Crippen LogP contribution in [-0.4, -0.2) is 46.4 Å². The van der Waals surface area contributed by atoms with Crippen LogP contribution in [0.1, 0.15) is 13.3 Å². The maximum atomic E-state index is 13.5. The first-order valence-electron chi connectivity index (χ1n) is 5.54. The van der Waals surface area contributed by atoms with Gasteiger partial charge in [-0.3, -0.25) is 4.79 Å². The Morgan fingerprint density at radius 3 is 1.50 bits per heavy atom. The Morgan fingerprint density at radius 2 is 1.21 bits per heavy atom. The summed E-state index contributed by atoms with van der Waals surface area (Å²) in [5.41, 5.74) is 0.